The highest BCUT2D eigenvalue weighted by Gasteiger charge is 2.37. The SMILES string of the molecule is NC(Cc1ccccc1[N+](=O)[O-])C(F)(F)F. The van der Waals surface area contributed by atoms with Crippen LogP contribution in [0.15, 0.2) is 24.3 Å². The zero-order chi connectivity index (χ0) is 12.3. The monoisotopic (exact) mass is 234 g/mol. The average molecular weight is 234 g/mol. The maximum atomic E-state index is 12.2. The summed E-state index contributed by atoms with van der Waals surface area (Å²) >= 11 is 0. The second-order valence-corrected chi connectivity index (χ2v) is 3.24. The van der Waals surface area contributed by atoms with Crippen molar-refractivity contribution >= 4 is 5.69 Å². The molecule has 0 saturated heterocycles. The fraction of sp³-hybridized carbons (Fsp3) is 0.333. The van der Waals surface area contributed by atoms with E-state index in [-0.39, 0.29) is 11.3 Å². The predicted molar refractivity (Wildman–Crippen MR) is 50.8 cm³/mol. The molecular weight excluding hydrogens is 225 g/mol. The highest BCUT2D eigenvalue weighted by molar-refractivity contribution is 5.40. The standard InChI is InChI=1S/C9H9F3N2O2/c10-9(11,12)8(13)5-6-3-1-2-4-7(6)14(15)16/h1-4,8H,5,13H2. The van der Waals surface area contributed by atoms with Crippen molar-refractivity contribution < 1.29 is 18.1 Å². The van der Waals surface area contributed by atoms with Crippen LogP contribution in [-0.2, 0) is 6.42 Å². The van der Waals surface area contributed by atoms with Crippen molar-refractivity contribution in [1.82, 2.24) is 0 Å². The lowest BCUT2D eigenvalue weighted by atomic mass is 10.0. The minimum Gasteiger partial charge on any atom is -0.320 e. The van der Waals surface area contributed by atoms with Gasteiger partial charge in [0.15, 0.2) is 0 Å². The summed E-state index contributed by atoms with van der Waals surface area (Å²) in [6.07, 6.45) is -5.15. The predicted octanol–water partition coefficient (Wildman–Crippen LogP) is 2.03. The van der Waals surface area contributed by atoms with Crippen molar-refractivity contribution in [2.45, 2.75) is 18.6 Å². The summed E-state index contributed by atoms with van der Waals surface area (Å²) in [6.45, 7) is 0. The minimum atomic E-state index is -4.55. The molecule has 1 aromatic rings. The summed E-state index contributed by atoms with van der Waals surface area (Å²) in [5, 5.41) is 10.5. The van der Waals surface area contributed by atoms with E-state index in [1.54, 1.807) is 0 Å². The molecule has 1 aromatic carbocycles. The summed E-state index contributed by atoms with van der Waals surface area (Å²) in [5.41, 5.74) is 4.54. The maximum absolute atomic E-state index is 12.2. The van der Waals surface area contributed by atoms with Crippen molar-refractivity contribution in [1.29, 1.82) is 0 Å². The van der Waals surface area contributed by atoms with Crippen molar-refractivity contribution in [3.05, 3.63) is 39.9 Å². The van der Waals surface area contributed by atoms with Crippen LogP contribution < -0.4 is 5.73 Å². The molecule has 0 spiro atoms. The highest BCUT2D eigenvalue weighted by Crippen LogP contribution is 2.25. The van der Waals surface area contributed by atoms with Crippen LogP contribution in [0.5, 0.6) is 0 Å². The van der Waals surface area contributed by atoms with Gasteiger partial charge in [-0.2, -0.15) is 13.2 Å². The molecule has 2 N–H and O–H groups in total. The Morgan fingerprint density at radius 3 is 2.44 bits per heavy atom. The number of hydrogen-bond acceptors (Lipinski definition) is 3. The third-order valence-electron chi connectivity index (χ3n) is 2.05. The highest BCUT2D eigenvalue weighted by atomic mass is 19.4. The molecule has 0 bridgehead atoms. The van der Waals surface area contributed by atoms with E-state index in [9.17, 15) is 23.3 Å². The Bertz CT molecular complexity index is 393. The molecule has 0 aliphatic rings. The molecule has 0 radical (unpaired) electrons. The quantitative estimate of drug-likeness (QED) is 0.642. The number of benzene rings is 1. The van der Waals surface area contributed by atoms with Crippen molar-refractivity contribution in [2.24, 2.45) is 5.73 Å². The van der Waals surface area contributed by atoms with Crippen LogP contribution in [0.4, 0.5) is 18.9 Å². The number of alkyl halides is 3. The first-order chi connectivity index (χ1) is 7.32. The van der Waals surface area contributed by atoms with Gasteiger partial charge in [0, 0.05) is 18.1 Å². The maximum Gasteiger partial charge on any atom is 0.403 e. The van der Waals surface area contributed by atoms with Gasteiger partial charge in [-0.1, -0.05) is 18.2 Å². The molecule has 0 aliphatic heterocycles. The largest absolute Gasteiger partial charge is 0.403 e. The van der Waals surface area contributed by atoms with Gasteiger partial charge >= 0.3 is 6.18 Å². The Labute approximate surface area is 89.0 Å². The van der Waals surface area contributed by atoms with E-state index in [0.29, 0.717) is 0 Å². The van der Waals surface area contributed by atoms with E-state index in [2.05, 4.69) is 0 Å². The number of nitrogens with zero attached hydrogens (tertiary/aromatic N) is 1. The molecule has 88 valence electrons. The van der Waals surface area contributed by atoms with E-state index < -0.39 is 23.6 Å². The number of para-hydroxylation sites is 1. The van der Waals surface area contributed by atoms with Gasteiger partial charge in [0.25, 0.3) is 5.69 Å². The molecular formula is C9H9F3N2O2. The third kappa shape index (κ3) is 2.93. The number of halogens is 3. The summed E-state index contributed by atoms with van der Waals surface area (Å²) < 4.78 is 36.5. The van der Waals surface area contributed by atoms with Crippen LogP contribution in [-0.4, -0.2) is 17.1 Å². The van der Waals surface area contributed by atoms with E-state index in [1.807, 2.05) is 0 Å². The van der Waals surface area contributed by atoms with Crippen molar-refractivity contribution in [3.63, 3.8) is 0 Å². The lowest BCUT2D eigenvalue weighted by molar-refractivity contribution is -0.385. The van der Waals surface area contributed by atoms with Gasteiger partial charge in [0.1, 0.15) is 6.04 Å². The number of nitro groups is 1. The Morgan fingerprint density at radius 1 is 1.38 bits per heavy atom. The van der Waals surface area contributed by atoms with Crippen LogP contribution in [0.2, 0.25) is 0 Å². The summed E-state index contributed by atoms with van der Waals surface area (Å²) in [4.78, 5) is 9.81. The van der Waals surface area contributed by atoms with E-state index in [1.165, 1.54) is 18.2 Å². The number of rotatable bonds is 3. The van der Waals surface area contributed by atoms with E-state index in [0.717, 1.165) is 6.07 Å². The Morgan fingerprint density at radius 2 is 1.94 bits per heavy atom. The van der Waals surface area contributed by atoms with Crippen LogP contribution in [0, 0.1) is 10.1 Å². The van der Waals surface area contributed by atoms with Gasteiger partial charge in [-0.05, 0) is 0 Å². The second kappa shape index (κ2) is 4.48. The van der Waals surface area contributed by atoms with E-state index >= 15 is 0 Å². The zero-order valence-corrected chi connectivity index (χ0v) is 8.07. The molecule has 1 atom stereocenters. The van der Waals surface area contributed by atoms with Crippen LogP contribution in [0.3, 0.4) is 0 Å². The van der Waals surface area contributed by atoms with Crippen LogP contribution in [0.25, 0.3) is 0 Å². The molecule has 0 aliphatic carbocycles. The molecule has 0 heterocycles. The Hall–Kier alpha value is -1.63. The Kier molecular flexibility index (Phi) is 3.48. The molecule has 1 rings (SSSR count). The summed E-state index contributed by atoms with van der Waals surface area (Å²) in [7, 11) is 0. The van der Waals surface area contributed by atoms with Gasteiger partial charge in [-0.15, -0.1) is 0 Å². The molecule has 0 saturated carbocycles. The lowest BCUT2D eigenvalue weighted by Crippen LogP contribution is -2.39. The van der Waals surface area contributed by atoms with Gasteiger partial charge in [-0.25, -0.2) is 0 Å². The van der Waals surface area contributed by atoms with Gasteiger partial charge in [0.2, 0.25) is 0 Å². The van der Waals surface area contributed by atoms with Crippen LogP contribution >= 0.6 is 0 Å². The van der Waals surface area contributed by atoms with Crippen LogP contribution in [0.1, 0.15) is 5.56 Å². The molecule has 0 fully saturated rings. The third-order valence-corrected chi connectivity index (χ3v) is 2.05. The molecule has 1 unspecified atom stereocenters. The first kappa shape index (κ1) is 12.4. The molecule has 16 heavy (non-hydrogen) atoms. The zero-order valence-electron chi connectivity index (χ0n) is 8.07. The molecule has 0 amide bonds. The second-order valence-electron chi connectivity index (χ2n) is 3.24. The molecule has 4 nitrogen and oxygen atoms in total. The normalized spacial score (nSPS) is 13.5. The smallest absolute Gasteiger partial charge is 0.320 e. The molecule has 7 heteroatoms. The Balaban J connectivity index is 2.93. The number of hydrogen-bond donors (Lipinski definition) is 1. The number of nitrogens with two attached hydrogens (primary N) is 1. The van der Waals surface area contributed by atoms with E-state index in [4.69, 9.17) is 5.73 Å². The first-order valence-corrected chi connectivity index (χ1v) is 4.37. The number of nitro benzene ring substituents is 1. The molecule has 0 aromatic heterocycles. The lowest BCUT2D eigenvalue weighted by Gasteiger charge is -2.15. The fourth-order valence-electron chi connectivity index (χ4n) is 1.21. The van der Waals surface area contributed by atoms with Gasteiger partial charge < -0.3 is 5.73 Å². The minimum absolute atomic E-state index is 0.0164. The first-order valence-electron chi connectivity index (χ1n) is 4.37. The average Bonchev–Trinajstić information content (AvgIpc) is 2.16. The topological polar surface area (TPSA) is 69.2 Å². The summed E-state index contributed by atoms with van der Waals surface area (Å²) in [6, 6.07) is 3.16. The summed E-state index contributed by atoms with van der Waals surface area (Å²) in [5.74, 6) is 0. The van der Waals surface area contributed by atoms with Crippen molar-refractivity contribution in [2.75, 3.05) is 0 Å². The van der Waals surface area contributed by atoms with Gasteiger partial charge in [0.05, 0.1) is 4.92 Å². The van der Waals surface area contributed by atoms with Gasteiger partial charge in [-0.3, -0.25) is 10.1 Å². The van der Waals surface area contributed by atoms with Crippen molar-refractivity contribution in [3.8, 4) is 0 Å². The fourth-order valence-corrected chi connectivity index (χ4v) is 1.21.